The Morgan fingerprint density at radius 2 is 1.27 bits per heavy atom. The molecule has 0 aromatic carbocycles. The van der Waals surface area contributed by atoms with Gasteiger partial charge < -0.3 is 0 Å². The van der Waals surface area contributed by atoms with Crippen LogP contribution in [-0.4, -0.2) is 0 Å². The average Bonchev–Trinajstić information content (AvgIpc) is 2.59. The van der Waals surface area contributed by atoms with E-state index in [-0.39, 0.29) is 0 Å². The van der Waals surface area contributed by atoms with Gasteiger partial charge in [0.05, 0.1) is 0 Å². The second-order valence-corrected chi connectivity index (χ2v) is 4.63. The highest BCUT2D eigenvalue weighted by atomic mass is 14.1. The second-order valence-electron chi connectivity index (χ2n) is 4.63. The molecule has 0 fully saturated rings. The Morgan fingerprint density at radius 3 is 1.55 bits per heavy atom. The highest BCUT2D eigenvalue weighted by Gasteiger charge is 2.09. The van der Waals surface area contributed by atoms with E-state index in [0.717, 1.165) is 6.42 Å². The van der Waals surface area contributed by atoms with Crippen molar-refractivity contribution in [3.8, 4) is 12.8 Å². The zero-order valence-corrected chi connectivity index (χ0v) is 16.8. The summed E-state index contributed by atoms with van der Waals surface area (Å²) >= 11 is 0. The van der Waals surface area contributed by atoms with Crippen LogP contribution >= 0.6 is 0 Å². The minimum atomic E-state index is 0.662. The standard InChI is InChI=1S/C16H28.2C2H6.C2H2/c1-7-10-16(11-8-2)15(6)12-14(5)13(4)9-3;3*1-2/h12,16H,4,6-11H2,1-3,5H3;2*1-2H3;1-2H/b14-12-;;;. The zero-order chi connectivity index (χ0) is 18.6. The van der Waals surface area contributed by atoms with Crippen molar-refractivity contribution in [3.63, 3.8) is 0 Å². The number of rotatable bonds is 8. The molecule has 0 saturated heterocycles. The molecule has 0 aromatic rings. The Balaban J connectivity index is -0.000000238. The van der Waals surface area contributed by atoms with Gasteiger partial charge in [0, 0.05) is 0 Å². The molecule has 0 radical (unpaired) electrons. The van der Waals surface area contributed by atoms with Gasteiger partial charge >= 0.3 is 0 Å². The van der Waals surface area contributed by atoms with Crippen LogP contribution in [0.1, 0.15) is 87.5 Å². The first kappa shape index (κ1) is 28.9. The molecule has 0 spiro atoms. The maximum absolute atomic E-state index is 4.23. The molecule has 0 unspecified atom stereocenters. The zero-order valence-electron chi connectivity index (χ0n) is 16.8. The van der Waals surface area contributed by atoms with Gasteiger partial charge in [-0.05, 0) is 37.7 Å². The van der Waals surface area contributed by atoms with Crippen LogP contribution in [0, 0.1) is 18.8 Å². The molecule has 0 heteroatoms. The van der Waals surface area contributed by atoms with Crippen LogP contribution in [0.2, 0.25) is 0 Å². The Kier molecular flexibility index (Phi) is 32.5. The average molecular weight is 307 g/mol. The van der Waals surface area contributed by atoms with Gasteiger partial charge in [0.2, 0.25) is 0 Å². The molecule has 0 saturated carbocycles. The maximum atomic E-state index is 4.23. The van der Waals surface area contributed by atoms with Gasteiger partial charge in [0.1, 0.15) is 0 Å². The molecule has 0 amide bonds. The van der Waals surface area contributed by atoms with E-state index < -0.39 is 0 Å². The van der Waals surface area contributed by atoms with E-state index >= 15 is 0 Å². The van der Waals surface area contributed by atoms with Crippen LogP contribution in [0.5, 0.6) is 0 Å². The third kappa shape index (κ3) is 16.8. The first-order valence-corrected chi connectivity index (χ1v) is 8.95. The van der Waals surface area contributed by atoms with Gasteiger partial charge in [0.15, 0.2) is 0 Å². The summed E-state index contributed by atoms with van der Waals surface area (Å²) in [5.74, 6) is 0.662. The van der Waals surface area contributed by atoms with Crippen molar-refractivity contribution in [2.24, 2.45) is 5.92 Å². The Hall–Kier alpha value is -1.22. The smallest absolute Gasteiger partial charge is 0.0168 e. The van der Waals surface area contributed by atoms with Crippen molar-refractivity contribution in [2.45, 2.75) is 87.5 Å². The topological polar surface area (TPSA) is 0 Å². The molecule has 22 heavy (non-hydrogen) atoms. The molecular weight excluding hydrogens is 264 g/mol. The Bertz CT molecular complexity index is 282. The maximum Gasteiger partial charge on any atom is -0.0168 e. The van der Waals surface area contributed by atoms with E-state index in [2.05, 4.69) is 59.8 Å². The van der Waals surface area contributed by atoms with Crippen molar-refractivity contribution >= 4 is 0 Å². The number of hydrogen-bond donors (Lipinski definition) is 0. The molecule has 0 aliphatic rings. The number of terminal acetylenes is 1. The summed E-state index contributed by atoms with van der Waals surface area (Å²) in [7, 11) is 0. The van der Waals surface area contributed by atoms with Crippen LogP contribution in [0.25, 0.3) is 0 Å². The SMILES string of the molecule is C#C.C=C(CC)/C(C)=C\C(=C)C(CCC)CCC.CC.CC. The molecule has 0 aliphatic carbocycles. The van der Waals surface area contributed by atoms with Gasteiger partial charge in [-0.25, -0.2) is 0 Å². The van der Waals surface area contributed by atoms with Gasteiger partial charge in [-0.15, -0.1) is 12.8 Å². The van der Waals surface area contributed by atoms with Crippen molar-refractivity contribution in [1.29, 1.82) is 0 Å². The third-order valence-electron chi connectivity index (χ3n) is 3.19. The monoisotopic (exact) mass is 306 g/mol. The van der Waals surface area contributed by atoms with E-state index in [9.17, 15) is 0 Å². The summed E-state index contributed by atoms with van der Waals surface area (Å²) in [6, 6.07) is 0. The lowest BCUT2D eigenvalue weighted by atomic mass is 9.89. The van der Waals surface area contributed by atoms with E-state index in [1.807, 2.05) is 27.7 Å². The molecule has 0 atom stereocenters. The fourth-order valence-corrected chi connectivity index (χ4v) is 1.99. The Labute approximate surface area is 142 Å². The van der Waals surface area contributed by atoms with Crippen LogP contribution in [-0.2, 0) is 0 Å². The largest absolute Gasteiger partial charge is 0.124 e. The summed E-state index contributed by atoms with van der Waals surface area (Å²) in [5, 5.41) is 0. The van der Waals surface area contributed by atoms with Gasteiger partial charge in [-0.3, -0.25) is 0 Å². The summed E-state index contributed by atoms with van der Waals surface area (Å²) in [6.45, 7) is 25.1. The minimum Gasteiger partial charge on any atom is -0.124 e. The molecular formula is C22H42. The van der Waals surface area contributed by atoms with E-state index in [0.29, 0.717) is 5.92 Å². The second kappa shape index (κ2) is 24.8. The van der Waals surface area contributed by atoms with Crippen molar-refractivity contribution < 1.29 is 0 Å². The quantitative estimate of drug-likeness (QED) is 0.315. The lowest BCUT2D eigenvalue weighted by Gasteiger charge is -2.16. The van der Waals surface area contributed by atoms with Crippen LogP contribution < -0.4 is 0 Å². The molecule has 0 nitrogen and oxygen atoms in total. The lowest BCUT2D eigenvalue weighted by molar-refractivity contribution is 0.513. The van der Waals surface area contributed by atoms with Crippen LogP contribution in [0.3, 0.4) is 0 Å². The summed E-state index contributed by atoms with van der Waals surface area (Å²) in [4.78, 5) is 0. The predicted octanol–water partition coefficient (Wildman–Crippen LogP) is 7.97. The highest BCUT2D eigenvalue weighted by Crippen LogP contribution is 2.24. The Morgan fingerprint density at radius 1 is 0.909 bits per heavy atom. The fraction of sp³-hybridized carbons (Fsp3) is 0.636. The van der Waals surface area contributed by atoms with Gasteiger partial charge in [0.25, 0.3) is 0 Å². The summed E-state index contributed by atoms with van der Waals surface area (Å²) in [5.41, 5.74) is 3.81. The fourth-order valence-electron chi connectivity index (χ4n) is 1.99. The van der Waals surface area contributed by atoms with E-state index in [1.54, 1.807) is 0 Å². The normalized spacial score (nSPS) is 9.32. The molecule has 0 N–H and O–H groups in total. The van der Waals surface area contributed by atoms with Crippen molar-refractivity contribution in [1.82, 2.24) is 0 Å². The molecule has 0 bridgehead atoms. The highest BCUT2D eigenvalue weighted by molar-refractivity contribution is 5.33. The van der Waals surface area contributed by atoms with Crippen LogP contribution in [0.4, 0.5) is 0 Å². The predicted molar refractivity (Wildman–Crippen MR) is 108 cm³/mol. The van der Waals surface area contributed by atoms with Gasteiger partial charge in [-0.1, -0.05) is 91.7 Å². The van der Waals surface area contributed by atoms with Crippen LogP contribution in [0.15, 0.2) is 36.0 Å². The number of allylic oxidation sites excluding steroid dienone is 4. The third-order valence-corrected chi connectivity index (χ3v) is 3.19. The molecule has 0 aromatic heterocycles. The first-order chi connectivity index (χ1) is 10.6. The minimum absolute atomic E-state index is 0.662. The van der Waals surface area contributed by atoms with Crippen molar-refractivity contribution in [3.05, 3.63) is 36.0 Å². The summed E-state index contributed by atoms with van der Waals surface area (Å²) < 4.78 is 0. The number of hydrogen-bond acceptors (Lipinski definition) is 0. The molecule has 0 heterocycles. The molecule has 0 rings (SSSR count). The summed E-state index contributed by atoms with van der Waals surface area (Å²) in [6.07, 6.45) is 16.3. The van der Waals surface area contributed by atoms with E-state index in [4.69, 9.17) is 0 Å². The van der Waals surface area contributed by atoms with Crippen molar-refractivity contribution in [2.75, 3.05) is 0 Å². The first-order valence-electron chi connectivity index (χ1n) is 8.95. The molecule has 130 valence electrons. The lowest BCUT2D eigenvalue weighted by Crippen LogP contribution is -2.02. The molecule has 0 aliphatic heterocycles. The van der Waals surface area contributed by atoms with E-state index in [1.165, 1.54) is 42.4 Å². The van der Waals surface area contributed by atoms with Gasteiger partial charge in [-0.2, -0.15) is 0 Å².